The van der Waals surface area contributed by atoms with Crippen LogP contribution < -0.4 is 0 Å². The van der Waals surface area contributed by atoms with Crippen molar-refractivity contribution < 1.29 is 8.83 Å². The Hall–Kier alpha value is -5.29. The zero-order valence-electron chi connectivity index (χ0n) is 23.4. The summed E-state index contributed by atoms with van der Waals surface area (Å²) in [4.78, 5) is 13.9. The summed E-state index contributed by atoms with van der Waals surface area (Å²) in [5.74, 6) is 2.34. The summed E-state index contributed by atoms with van der Waals surface area (Å²) in [6.07, 6.45) is 12.9. The Labute approximate surface area is 240 Å². The second-order valence-electron chi connectivity index (χ2n) is 9.47. The minimum absolute atomic E-state index is 0.489. The Kier molecular flexibility index (Phi) is 8.46. The lowest BCUT2D eigenvalue weighted by atomic mass is 10.0. The second-order valence-corrected chi connectivity index (χ2v) is 9.47. The van der Waals surface area contributed by atoms with Gasteiger partial charge in [0.15, 0.2) is 11.5 Å². The average Bonchev–Trinajstić information content (AvgIpc) is 3.72. The molecule has 5 rings (SSSR count). The van der Waals surface area contributed by atoms with Gasteiger partial charge in [0, 0.05) is 34.2 Å². The van der Waals surface area contributed by atoms with Gasteiger partial charge >= 0.3 is 0 Å². The fourth-order valence-electron chi connectivity index (χ4n) is 4.26. The van der Waals surface area contributed by atoms with Crippen LogP contribution in [0.15, 0.2) is 142 Å². The van der Waals surface area contributed by atoms with Crippen LogP contribution in [0.1, 0.15) is 37.7 Å². The van der Waals surface area contributed by atoms with Crippen molar-refractivity contribution >= 4 is 16.9 Å². The molecule has 202 valence electrons. The number of hydrogen-bond donors (Lipinski definition) is 0. The maximum atomic E-state index is 6.20. The van der Waals surface area contributed by atoms with Gasteiger partial charge in [-0.2, -0.15) is 0 Å². The maximum absolute atomic E-state index is 6.20. The number of aromatic nitrogens is 2. The summed E-state index contributed by atoms with van der Waals surface area (Å²) in [6.45, 7) is 9.92. The van der Waals surface area contributed by atoms with Gasteiger partial charge in [-0.15, -0.1) is 0 Å². The van der Waals surface area contributed by atoms with E-state index >= 15 is 0 Å². The Morgan fingerprint density at radius 2 is 1.44 bits per heavy atom. The number of oxazole rings is 2. The Balaban J connectivity index is 1.57. The van der Waals surface area contributed by atoms with Crippen LogP contribution in [0.25, 0.3) is 45.4 Å². The number of hydrogen-bond acceptors (Lipinski definition) is 5. The molecule has 0 amide bonds. The first-order valence-electron chi connectivity index (χ1n) is 13.4. The molecular formula is C36H31N3O2. The van der Waals surface area contributed by atoms with E-state index in [0.29, 0.717) is 23.3 Å². The van der Waals surface area contributed by atoms with E-state index in [9.17, 15) is 0 Å². The molecule has 0 fully saturated rings. The first-order valence-corrected chi connectivity index (χ1v) is 13.4. The molecule has 5 aromatic rings. The quantitative estimate of drug-likeness (QED) is 0.139. The van der Waals surface area contributed by atoms with Gasteiger partial charge in [0.1, 0.15) is 0 Å². The minimum atomic E-state index is 0.489. The van der Waals surface area contributed by atoms with Crippen molar-refractivity contribution in [1.29, 1.82) is 0 Å². The van der Waals surface area contributed by atoms with Crippen LogP contribution in [-0.2, 0) is 0 Å². The first kappa shape index (κ1) is 27.3. The van der Waals surface area contributed by atoms with Crippen molar-refractivity contribution in [2.75, 3.05) is 0 Å². The summed E-state index contributed by atoms with van der Waals surface area (Å²) in [5.41, 5.74) is 7.36. The molecule has 0 aliphatic rings. The van der Waals surface area contributed by atoms with E-state index in [1.165, 1.54) is 0 Å². The van der Waals surface area contributed by atoms with Crippen LogP contribution in [0.4, 0.5) is 0 Å². The van der Waals surface area contributed by atoms with E-state index in [1.54, 1.807) is 18.5 Å². The molecule has 0 aliphatic heterocycles. The third-order valence-electron chi connectivity index (χ3n) is 6.57. The Morgan fingerprint density at radius 1 is 0.780 bits per heavy atom. The number of nitrogens with zero attached hydrogens (tertiary/aromatic N) is 3. The third-order valence-corrected chi connectivity index (χ3v) is 6.57. The van der Waals surface area contributed by atoms with Crippen LogP contribution in [-0.4, -0.2) is 15.7 Å². The maximum Gasteiger partial charge on any atom is 0.226 e. The normalized spacial score (nSPS) is 12.7. The molecule has 3 aromatic carbocycles. The molecule has 0 bridgehead atoms. The third kappa shape index (κ3) is 6.48. The van der Waals surface area contributed by atoms with Crippen molar-refractivity contribution in [3.8, 4) is 34.2 Å². The van der Waals surface area contributed by atoms with Crippen molar-refractivity contribution in [3.63, 3.8) is 0 Å². The Morgan fingerprint density at radius 3 is 2.12 bits per heavy atom. The average molecular weight is 538 g/mol. The molecule has 5 heteroatoms. The molecule has 0 radical (unpaired) electrons. The minimum Gasteiger partial charge on any atom is -0.436 e. The van der Waals surface area contributed by atoms with Gasteiger partial charge in [-0.1, -0.05) is 91.5 Å². The smallest absolute Gasteiger partial charge is 0.226 e. The number of rotatable bonds is 9. The molecule has 0 aliphatic carbocycles. The summed E-state index contributed by atoms with van der Waals surface area (Å²) < 4.78 is 12.4. The predicted octanol–water partition coefficient (Wildman–Crippen LogP) is 9.68. The van der Waals surface area contributed by atoms with Gasteiger partial charge in [-0.05, 0) is 55.7 Å². The van der Waals surface area contributed by atoms with E-state index in [0.717, 1.165) is 44.7 Å². The lowest BCUT2D eigenvalue weighted by Crippen LogP contribution is -1.93. The molecule has 0 N–H and O–H groups in total. The number of allylic oxidation sites excluding steroid dienone is 6. The van der Waals surface area contributed by atoms with E-state index in [2.05, 4.69) is 28.7 Å². The SMILES string of the molecule is C=C/C(=C\C=C/C)c1cnc(-c2cc(/C(C)=C/N=C(C)c3ccccc3)cc(-c3ncc(-c4ccccc4)o3)c2)o1. The van der Waals surface area contributed by atoms with Gasteiger partial charge in [-0.25, -0.2) is 9.97 Å². The Bertz CT molecular complexity index is 1770. The second kappa shape index (κ2) is 12.7. The first-order chi connectivity index (χ1) is 20.1. The van der Waals surface area contributed by atoms with Crippen LogP contribution >= 0.6 is 0 Å². The van der Waals surface area contributed by atoms with Crippen molar-refractivity contribution in [3.05, 3.63) is 145 Å². The van der Waals surface area contributed by atoms with Crippen LogP contribution in [0.5, 0.6) is 0 Å². The van der Waals surface area contributed by atoms with Gasteiger partial charge in [-0.3, -0.25) is 4.99 Å². The highest BCUT2D eigenvalue weighted by molar-refractivity contribution is 5.99. The van der Waals surface area contributed by atoms with E-state index in [1.807, 2.05) is 112 Å². The van der Waals surface area contributed by atoms with Gasteiger partial charge in [0.05, 0.1) is 12.4 Å². The molecule has 0 unspecified atom stereocenters. The van der Waals surface area contributed by atoms with Crippen LogP contribution in [0, 0.1) is 0 Å². The van der Waals surface area contributed by atoms with Crippen LogP contribution in [0.2, 0.25) is 0 Å². The topological polar surface area (TPSA) is 64.4 Å². The number of aliphatic imine (C=N–C) groups is 1. The lowest BCUT2D eigenvalue weighted by Gasteiger charge is -2.07. The highest BCUT2D eigenvalue weighted by Gasteiger charge is 2.15. The molecule has 0 saturated heterocycles. The largest absolute Gasteiger partial charge is 0.436 e. The number of benzene rings is 3. The molecule has 2 heterocycles. The molecule has 2 aromatic heterocycles. The summed E-state index contributed by atoms with van der Waals surface area (Å²) in [5, 5.41) is 0. The predicted molar refractivity (Wildman–Crippen MR) is 168 cm³/mol. The molecule has 0 spiro atoms. The van der Waals surface area contributed by atoms with E-state index in [-0.39, 0.29) is 0 Å². The van der Waals surface area contributed by atoms with Crippen molar-refractivity contribution in [2.45, 2.75) is 20.8 Å². The van der Waals surface area contributed by atoms with E-state index < -0.39 is 0 Å². The zero-order chi connectivity index (χ0) is 28.6. The summed E-state index contributed by atoms with van der Waals surface area (Å²) >= 11 is 0. The molecular weight excluding hydrogens is 506 g/mol. The van der Waals surface area contributed by atoms with E-state index in [4.69, 9.17) is 13.8 Å². The highest BCUT2D eigenvalue weighted by Crippen LogP contribution is 2.33. The fraction of sp³-hybridized carbons (Fsp3) is 0.0833. The lowest BCUT2D eigenvalue weighted by molar-refractivity contribution is 0.562. The molecule has 0 atom stereocenters. The van der Waals surface area contributed by atoms with Gasteiger partial charge < -0.3 is 8.83 Å². The van der Waals surface area contributed by atoms with Crippen molar-refractivity contribution in [1.82, 2.24) is 9.97 Å². The molecule has 41 heavy (non-hydrogen) atoms. The van der Waals surface area contributed by atoms with Gasteiger partial charge in [0.2, 0.25) is 11.8 Å². The van der Waals surface area contributed by atoms with Crippen molar-refractivity contribution in [2.24, 2.45) is 4.99 Å². The highest BCUT2D eigenvalue weighted by atomic mass is 16.4. The molecule has 0 saturated carbocycles. The monoisotopic (exact) mass is 537 g/mol. The van der Waals surface area contributed by atoms with Gasteiger partial charge in [0.25, 0.3) is 0 Å². The summed E-state index contributed by atoms with van der Waals surface area (Å²) in [7, 11) is 0. The van der Waals surface area contributed by atoms with Crippen LogP contribution in [0.3, 0.4) is 0 Å². The molecule has 5 nitrogen and oxygen atoms in total. The standard InChI is InChI=1S/C36H31N3O2/c1-5-7-14-27(6-2)33-23-38-35(40-33)31-19-30(25(3)22-37-26(4)28-15-10-8-11-16-28)20-32(21-31)36-39-24-34(41-36)29-17-12-9-13-18-29/h5-24H,2H2,1,3-4H3/b7-5-,25-22+,27-14+,37-26?. The fourth-order valence-corrected chi connectivity index (χ4v) is 4.26. The summed E-state index contributed by atoms with van der Waals surface area (Å²) in [6, 6.07) is 26.1. The zero-order valence-corrected chi connectivity index (χ0v) is 23.4.